The van der Waals surface area contributed by atoms with E-state index in [4.69, 9.17) is 11.6 Å². The molecule has 0 spiro atoms. The van der Waals surface area contributed by atoms with Crippen LogP contribution in [0.15, 0.2) is 48.5 Å². The van der Waals surface area contributed by atoms with E-state index in [-0.39, 0.29) is 22.4 Å². The van der Waals surface area contributed by atoms with E-state index in [0.717, 1.165) is 10.4 Å². The number of carbonyl (C=O) groups excluding carboxylic acids is 1. The summed E-state index contributed by atoms with van der Waals surface area (Å²) in [6.45, 7) is 1.50. The van der Waals surface area contributed by atoms with Crippen molar-refractivity contribution in [3.63, 3.8) is 0 Å². The second-order valence-corrected chi connectivity index (χ2v) is 9.13. The number of fused-ring (bicyclic) bond motifs is 1. The third-order valence-corrected chi connectivity index (χ3v) is 6.89. The lowest BCUT2D eigenvalue weighted by Gasteiger charge is -2.35. The second kappa shape index (κ2) is 9.27. The van der Waals surface area contributed by atoms with Gasteiger partial charge < -0.3 is 15.1 Å². The SMILES string of the molecule is O=C(c1nn2c(c1Cl)N[C@H](c1ccc(F)cc1)C[C@@H]2C(F)(F)F)N1CCN(c2ccc(F)cc2)CC1. The Morgan fingerprint density at radius 2 is 1.53 bits per heavy atom. The summed E-state index contributed by atoms with van der Waals surface area (Å²) in [7, 11) is 0. The van der Waals surface area contributed by atoms with E-state index in [0.29, 0.717) is 31.7 Å². The molecule has 0 bridgehead atoms. The van der Waals surface area contributed by atoms with Crippen LogP contribution in [0, 0.1) is 11.6 Å². The maximum atomic E-state index is 14.0. The molecular weight excluding hydrogens is 505 g/mol. The Kier molecular flexibility index (Phi) is 6.27. The van der Waals surface area contributed by atoms with Crippen LogP contribution in [0.25, 0.3) is 0 Å². The van der Waals surface area contributed by atoms with Crippen LogP contribution in [0.1, 0.15) is 34.6 Å². The molecule has 1 saturated heterocycles. The summed E-state index contributed by atoms with van der Waals surface area (Å²) in [4.78, 5) is 16.7. The van der Waals surface area contributed by atoms with Gasteiger partial charge in [0.1, 0.15) is 22.5 Å². The number of amides is 1. The highest BCUT2D eigenvalue weighted by Gasteiger charge is 2.48. The molecule has 6 nitrogen and oxygen atoms in total. The van der Waals surface area contributed by atoms with Crippen molar-refractivity contribution in [2.24, 2.45) is 0 Å². The molecule has 1 amide bonds. The average Bonchev–Trinajstić information content (AvgIpc) is 3.19. The Balaban J connectivity index is 1.38. The topological polar surface area (TPSA) is 53.4 Å². The Morgan fingerprint density at radius 1 is 0.944 bits per heavy atom. The molecule has 1 fully saturated rings. The van der Waals surface area contributed by atoms with Crippen LogP contribution >= 0.6 is 11.6 Å². The van der Waals surface area contributed by atoms with Crippen molar-refractivity contribution in [1.82, 2.24) is 14.7 Å². The molecule has 1 N–H and O–H groups in total. The van der Waals surface area contributed by atoms with Crippen molar-refractivity contribution >= 4 is 29.0 Å². The molecule has 0 saturated carbocycles. The summed E-state index contributed by atoms with van der Waals surface area (Å²) in [5, 5.41) is 6.76. The summed E-state index contributed by atoms with van der Waals surface area (Å²) in [6.07, 6.45) is -5.05. The van der Waals surface area contributed by atoms with Gasteiger partial charge in [-0.05, 0) is 42.0 Å². The van der Waals surface area contributed by atoms with E-state index in [1.54, 1.807) is 12.1 Å². The quantitative estimate of drug-likeness (QED) is 0.463. The largest absolute Gasteiger partial charge is 0.410 e. The van der Waals surface area contributed by atoms with Gasteiger partial charge in [0.05, 0.1) is 6.04 Å². The minimum absolute atomic E-state index is 0.104. The molecule has 0 unspecified atom stereocenters. The zero-order chi connectivity index (χ0) is 25.6. The molecule has 2 aromatic carbocycles. The van der Waals surface area contributed by atoms with Gasteiger partial charge in [-0.25, -0.2) is 13.5 Å². The number of hydrogen-bond donors (Lipinski definition) is 1. The normalized spacial score (nSPS) is 20.2. The lowest BCUT2D eigenvalue weighted by atomic mass is 9.97. The zero-order valence-corrected chi connectivity index (χ0v) is 19.5. The number of alkyl halides is 3. The summed E-state index contributed by atoms with van der Waals surface area (Å²) in [6, 6.07) is 8.35. The maximum Gasteiger partial charge on any atom is 0.410 e. The van der Waals surface area contributed by atoms with Crippen LogP contribution in [0.5, 0.6) is 0 Å². The van der Waals surface area contributed by atoms with Gasteiger partial charge in [-0.2, -0.15) is 18.3 Å². The van der Waals surface area contributed by atoms with Crippen LogP contribution < -0.4 is 10.2 Å². The van der Waals surface area contributed by atoms with Gasteiger partial charge in [-0.3, -0.25) is 4.79 Å². The van der Waals surface area contributed by atoms with E-state index < -0.39 is 36.4 Å². The van der Waals surface area contributed by atoms with Crippen LogP contribution in [0.3, 0.4) is 0 Å². The first-order chi connectivity index (χ1) is 17.1. The molecule has 2 aliphatic heterocycles. The van der Waals surface area contributed by atoms with Gasteiger partial charge in [0.15, 0.2) is 11.7 Å². The third-order valence-electron chi connectivity index (χ3n) is 6.53. The highest BCUT2D eigenvalue weighted by atomic mass is 35.5. The fourth-order valence-corrected chi connectivity index (χ4v) is 4.87. The highest BCUT2D eigenvalue weighted by molar-refractivity contribution is 6.36. The first kappa shape index (κ1) is 24.4. The number of anilines is 2. The second-order valence-electron chi connectivity index (χ2n) is 8.75. The molecule has 36 heavy (non-hydrogen) atoms. The predicted molar refractivity (Wildman–Crippen MR) is 124 cm³/mol. The van der Waals surface area contributed by atoms with Gasteiger partial charge >= 0.3 is 6.18 Å². The summed E-state index contributed by atoms with van der Waals surface area (Å²) >= 11 is 6.42. The molecule has 3 aromatic rings. The van der Waals surface area contributed by atoms with Crippen molar-refractivity contribution in [2.45, 2.75) is 24.7 Å². The van der Waals surface area contributed by atoms with E-state index in [1.165, 1.54) is 41.3 Å². The monoisotopic (exact) mass is 525 g/mol. The Hall–Kier alpha value is -3.34. The van der Waals surface area contributed by atoms with E-state index in [9.17, 15) is 26.7 Å². The molecule has 5 rings (SSSR count). The fourth-order valence-electron chi connectivity index (χ4n) is 4.61. The molecule has 12 heteroatoms. The zero-order valence-electron chi connectivity index (χ0n) is 18.8. The highest BCUT2D eigenvalue weighted by Crippen LogP contribution is 2.46. The Bertz CT molecular complexity index is 1250. The van der Waals surface area contributed by atoms with Crippen molar-refractivity contribution in [3.8, 4) is 0 Å². The molecule has 190 valence electrons. The standard InChI is InChI=1S/C24H21ClF5N5O/c25-20-21(23(36)34-11-9-33(10-12-34)17-7-5-16(27)6-8-17)32-35-19(24(28,29)30)13-18(31-22(20)35)14-1-3-15(26)4-2-14/h1-8,18-19,31H,9-13H2/t18-,19+/m0/s1. The van der Waals surface area contributed by atoms with Crippen molar-refractivity contribution < 1.29 is 26.7 Å². The number of rotatable bonds is 3. The molecule has 2 atom stereocenters. The third kappa shape index (κ3) is 4.59. The summed E-state index contributed by atoms with van der Waals surface area (Å²) < 4.78 is 69.2. The number of halogens is 6. The van der Waals surface area contributed by atoms with Crippen LogP contribution in [0.4, 0.5) is 33.5 Å². The fraction of sp³-hybridized carbons (Fsp3) is 0.333. The minimum atomic E-state index is -4.65. The van der Waals surface area contributed by atoms with Crippen molar-refractivity contribution in [3.05, 3.63) is 76.4 Å². The Morgan fingerprint density at radius 3 is 2.11 bits per heavy atom. The number of aromatic nitrogens is 2. The molecule has 2 aliphatic rings. The molecule has 1 aromatic heterocycles. The number of piperazine rings is 1. The molecule has 0 aliphatic carbocycles. The average molecular weight is 526 g/mol. The molecule has 3 heterocycles. The van der Waals surface area contributed by atoms with Crippen LogP contribution in [-0.2, 0) is 0 Å². The number of benzene rings is 2. The number of nitrogens with zero attached hydrogens (tertiary/aromatic N) is 4. The smallest absolute Gasteiger partial charge is 0.368 e. The number of nitrogens with one attached hydrogen (secondary N) is 1. The van der Waals surface area contributed by atoms with E-state index in [2.05, 4.69) is 10.4 Å². The number of carbonyl (C=O) groups is 1. The first-order valence-electron chi connectivity index (χ1n) is 11.3. The predicted octanol–water partition coefficient (Wildman–Crippen LogP) is 5.44. The lowest BCUT2D eigenvalue weighted by Crippen LogP contribution is -2.49. The first-order valence-corrected chi connectivity index (χ1v) is 11.7. The lowest BCUT2D eigenvalue weighted by molar-refractivity contribution is -0.173. The van der Waals surface area contributed by atoms with Gasteiger partial charge in [0.2, 0.25) is 0 Å². The minimum Gasteiger partial charge on any atom is -0.368 e. The molecule has 0 radical (unpaired) electrons. The van der Waals surface area contributed by atoms with Crippen LogP contribution in [-0.4, -0.2) is 52.9 Å². The maximum absolute atomic E-state index is 14.0. The van der Waals surface area contributed by atoms with Gasteiger partial charge in [-0.15, -0.1) is 0 Å². The van der Waals surface area contributed by atoms with E-state index >= 15 is 0 Å². The summed E-state index contributed by atoms with van der Waals surface area (Å²) in [5.41, 5.74) is 1.01. The molecular formula is C24H21ClF5N5O. The van der Waals surface area contributed by atoms with Crippen molar-refractivity contribution in [2.75, 3.05) is 36.4 Å². The van der Waals surface area contributed by atoms with Gasteiger partial charge in [-0.1, -0.05) is 23.7 Å². The number of hydrogen-bond acceptors (Lipinski definition) is 4. The van der Waals surface area contributed by atoms with E-state index in [1.807, 2.05) is 4.90 Å². The van der Waals surface area contributed by atoms with Gasteiger partial charge in [0.25, 0.3) is 5.91 Å². The van der Waals surface area contributed by atoms with Gasteiger partial charge in [0, 0.05) is 38.3 Å². The summed E-state index contributed by atoms with van der Waals surface area (Å²) in [5.74, 6) is -1.52. The Labute approximate surface area is 208 Å². The van der Waals surface area contributed by atoms with Crippen LogP contribution in [0.2, 0.25) is 5.02 Å². The van der Waals surface area contributed by atoms with Crippen molar-refractivity contribution in [1.29, 1.82) is 0 Å².